The lowest BCUT2D eigenvalue weighted by atomic mass is 10.1. The molecule has 1 heterocycles. The van der Waals surface area contributed by atoms with E-state index in [-0.39, 0.29) is 11.7 Å². The van der Waals surface area contributed by atoms with Crippen LogP contribution < -0.4 is 0 Å². The first-order valence-electron chi connectivity index (χ1n) is 5.35. The lowest BCUT2D eigenvalue weighted by Gasteiger charge is -2.06. The summed E-state index contributed by atoms with van der Waals surface area (Å²) >= 11 is 3.51. The van der Waals surface area contributed by atoms with E-state index in [1.165, 1.54) is 0 Å². The Kier molecular flexibility index (Phi) is 3.15. The second-order valence-corrected chi connectivity index (χ2v) is 5.10. The number of halogens is 1. The number of benzene rings is 1. The lowest BCUT2D eigenvalue weighted by Crippen LogP contribution is -2.14. The second-order valence-electron chi connectivity index (χ2n) is 4.24. The highest BCUT2D eigenvalue weighted by Crippen LogP contribution is 2.26. The van der Waals surface area contributed by atoms with E-state index in [9.17, 15) is 4.79 Å². The molecule has 0 N–H and O–H groups in total. The van der Waals surface area contributed by atoms with Crippen molar-refractivity contribution < 1.29 is 4.79 Å². The van der Waals surface area contributed by atoms with Crippen molar-refractivity contribution in [1.82, 2.24) is 4.57 Å². The first-order valence-corrected chi connectivity index (χ1v) is 6.15. The molecule has 3 heteroatoms. The minimum Gasteiger partial charge on any atom is -0.339 e. The number of carbonyl (C=O) groups excluding carboxylic acids is 1. The summed E-state index contributed by atoms with van der Waals surface area (Å²) in [6, 6.07) is 8.08. The Morgan fingerprint density at radius 1 is 1.38 bits per heavy atom. The van der Waals surface area contributed by atoms with Gasteiger partial charge in [0.05, 0.1) is 6.54 Å². The monoisotopic (exact) mass is 279 g/mol. The fourth-order valence-electron chi connectivity index (χ4n) is 1.68. The lowest BCUT2D eigenvalue weighted by molar-refractivity contribution is -0.122. The van der Waals surface area contributed by atoms with Crippen molar-refractivity contribution in [2.75, 3.05) is 0 Å². The number of aromatic nitrogens is 1. The van der Waals surface area contributed by atoms with Gasteiger partial charge in [-0.05, 0) is 22.0 Å². The van der Waals surface area contributed by atoms with E-state index in [4.69, 9.17) is 0 Å². The number of nitrogens with zero attached hydrogens (tertiary/aromatic N) is 1. The van der Waals surface area contributed by atoms with Crippen LogP contribution in [0.4, 0.5) is 0 Å². The van der Waals surface area contributed by atoms with Crippen LogP contribution >= 0.6 is 15.9 Å². The number of carbonyl (C=O) groups is 1. The maximum absolute atomic E-state index is 11.7. The third-order valence-electron chi connectivity index (χ3n) is 2.71. The molecule has 84 valence electrons. The third-order valence-corrected chi connectivity index (χ3v) is 3.34. The molecular weight excluding hydrogens is 266 g/mol. The van der Waals surface area contributed by atoms with Crippen LogP contribution in [0.2, 0.25) is 0 Å². The Bertz CT molecular complexity index is 528. The zero-order chi connectivity index (χ0) is 11.7. The van der Waals surface area contributed by atoms with Crippen LogP contribution in [0, 0.1) is 5.92 Å². The first-order chi connectivity index (χ1) is 7.59. The van der Waals surface area contributed by atoms with E-state index in [0.717, 1.165) is 15.4 Å². The van der Waals surface area contributed by atoms with E-state index in [1.807, 2.05) is 42.8 Å². The highest BCUT2D eigenvalue weighted by atomic mass is 79.9. The van der Waals surface area contributed by atoms with Gasteiger partial charge in [-0.3, -0.25) is 4.79 Å². The number of fused-ring (bicyclic) bond motifs is 1. The molecule has 0 atom stereocenters. The van der Waals surface area contributed by atoms with E-state index in [0.29, 0.717) is 6.54 Å². The van der Waals surface area contributed by atoms with Crippen molar-refractivity contribution in [3.05, 3.63) is 34.9 Å². The first kappa shape index (κ1) is 11.4. The number of hydrogen-bond donors (Lipinski definition) is 0. The zero-order valence-corrected chi connectivity index (χ0v) is 11.0. The Morgan fingerprint density at radius 3 is 2.75 bits per heavy atom. The number of hydrogen-bond acceptors (Lipinski definition) is 1. The van der Waals surface area contributed by atoms with Gasteiger partial charge in [0.15, 0.2) is 5.78 Å². The molecule has 0 unspecified atom stereocenters. The van der Waals surface area contributed by atoms with Crippen LogP contribution in [0.5, 0.6) is 0 Å². The number of ketones is 1. The van der Waals surface area contributed by atoms with Gasteiger partial charge in [0.1, 0.15) is 0 Å². The zero-order valence-electron chi connectivity index (χ0n) is 9.40. The smallest absolute Gasteiger partial charge is 0.155 e. The molecule has 0 radical (unpaired) electrons. The number of para-hydroxylation sites is 1. The summed E-state index contributed by atoms with van der Waals surface area (Å²) in [6.45, 7) is 4.32. The van der Waals surface area contributed by atoms with Gasteiger partial charge in [-0.1, -0.05) is 32.0 Å². The molecule has 0 bridgehead atoms. The van der Waals surface area contributed by atoms with Crippen molar-refractivity contribution in [2.24, 2.45) is 5.92 Å². The van der Waals surface area contributed by atoms with Gasteiger partial charge in [0.2, 0.25) is 0 Å². The van der Waals surface area contributed by atoms with Crippen LogP contribution in [0.25, 0.3) is 10.9 Å². The van der Waals surface area contributed by atoms with Crippen molar-refractivity contribution in [3.63, 3.8) is 0 Å². The Balaban J connectivity index is 2.42. The van der Waals surface area contributed by atoms with Crippen LogP contribution in [-0.4, -0.2) is 10.4 Å². The SMILES string of the molecule is CC(C)C(=O)Cn1cc(Br)c2ccccc21. The van der Waals surface area contributed by atoms with Crippen molar-refractivity contribution in [1.29, 1.82) is 0 Å². The topological polar surface area (TPSA) is 22.0 Å². The molecule has 0 spiro atoms. The van der Waals surface area contributed by atoms with Gasteiger partial charge in [-0.2, -0.15) is 0 Å². The summed E-state index contributed by atoms with van der Waals surface area (Å²) in [5.74, 6) is 0.341. The van der Waals surface area contributed by atoms with Gasteiger partial charge in [0.25, 0.3) is 0 Å². The van der Waals surface area contributed by atoms with Crippen LogP contribution in [-0.2, 0) is 11.3 Å². The fraction of sp³-hybridized carbons (Fsp3) is 0.308. The van der Waals surface area contributed by atoms with Gasteiger partial charge in [0, 0.05) is 27.5 Å². The summed E-state index contributed by atoms with van der Waals surface area (Å²) < 4.78 is 3.04. The van der Waals surface area contributed by atoms with Gasteiger partial charge < -0.3 is 4.57 Å². The minimum absolute atomic E-state index is 0.0833. The molecule has 0 aliphatic heterocycles. The largest absolute Gasteiger partial charge is 0.339 e. The second kappa shape index (κ2) is 4.42. The Morgan fingerprint density at radius 2 is 2.06 bits per heavy atom. The Hall–Kier alpha value is -1.09. The van der Waals surface area contributed by atoms with Gasteiger partial charge >= 0.3 is 0 Å². The summed E-state index contributed by atoms with van der Waals surface area (Å²) in [4.78, 5) is 11.7. The average Bonchev–Trinajstić information content (AvgIpc) is 2.57. The van der Waals surface area contributed by atoms with Crippen LogP contribution in [0.3, 0.4) is 0 Å². The number of Topliss-reactive ketones (excluding diaryl/α,β-unsaturated/α-hetero) is 1. The molecule has 0 aliphatic rings. The molecule has 1 aromatic carbocycles. The predicted molar refractivity (Wildman–Crippen MR) is 69.5 cm³/mol. The van der Waals surface area contributed by atoms with Crippen molar-refractivity contribution >= 4 is 32.6 Å². The fourth-order valence-corrected chi connectivity index (χ4v) is 2.27. The summed E-state index contributed by atoms with van der Waals surface area (Å²) in [7, 11) is 0. The van der Waals surface area contributed by atoms with Crippen LogP contribution in [0.1, 0.15) is 13.8 Å². The molecule has 2 aromatic rings. The molecule has 16 heavy (non-hydrogen) atoms. The molecule has 0 saturated heterocycles. The molecule has 0 saturated carbocycles. The van der Waals surface area contributed by atoms with E-state index in [2.05, 4.69) is 22.0 Å². The van der Waals surface area contributed by atoms with E-state index >= 15 is 0 Å². The standard InChI is InChI=1S/C13H14BrNO/c1-9(2)13(16)8-15-7-11(14)10-5-3-4-6-12(10)15/h3-7,9H,8H2,1-2H3. The summed E-state index contributed by atoms with van der Waals surface area (Å²) in [6.07, 6.45) is 1.98. The average molecular weight is 280 g/mol. The molecular formula is C13H14BrNO. The molecule has 2 nitrogen and oxygen atoms in total. The maximum Gasteiger partial charge on any atom is 0.155 e. The van der Waals surface area contributed by atoms with Crippen molar-refractivity contribution in [2.45, 2.75) is 20.4 Å². The Labute approximate surface area is 103 Å². The summed E-state index contributed by atoms with van der Waals surface area (Å²) in [5.41, 5.74) is 1.10. The quantitative estimate of drug-likeness (QED) is 0.841. The minimum atomic E-state index is 0.0833. The highest BCUT2D eigenvalue weighted by Gasteiger charge is 2.11. The van der Waals surface area contributed by atoms with E-state index < -0.39 is 0 Å². The molecule has 0 aliphatic carbocycles. The van der Waals surface area contributed by atoms with Crippen LogP contribution in [0.15, 0.2) is 34.9 Å². The van der Waals surface area contributed by atoms with E-state index in [1.54, 1.807) is 0 Å². The molecule has 0 fully saturated rings. The number of rotatable bonds is 3. The predicted octanol–water partition coefficient (Wildman–Crippen LogP) is 3.63. The van der Waals surface area contributed by atoms with Gasteiger partial charge in [-0.15, -0.1) is 0 Å². The molecule has 1 aromatic heterocycles. The van der Waals surface area contributed by atoms with Crippen molar-refractivity contribution in [3.8, 4) is 0 Å². The van der Waals surface area contributed by atoms with Gasteiger partial charge in [-0.25, -0.2) is 0 Å². The molecule has 2 rings (SSSR count). The third kappa shape index (κ3) is 2.05. The normalized spacial score (nSPS) is 11.2. The highest BCUT2D eigenvalue weighted by molar-refractivity contribution is 9.10. The summed E-state index contributed by atoms with van der Waals surface area (Å²) in [5, 5.41) is 1.15. The maximum atomic E-state index is 11.7. The molecule has 0 amide bonds.